The lowest BCUT2D eigenvalue weighted by Gasteiger charge is -2.14. The van der Waals surface area contributed by atoms with Crippen LogP contribution in [-0.4, -0.2) is 40.9 Å². The van der Waals surface area contributed by atoms with Crippen molar-refractivity contribution in [2.45, 2.75) is 13.0 Å². The number of nitrogens with one attached hydrogen (secondary N) is 3. The lowest BCUT2D eigenvalue weighted by molar-refractivity contribution is 0.251. The third-order valence-electron chi connectivity index (χ3n) is 3.04. The topological polar surface area (TPSA) is 121 Å². The van der Waals surface area contributed by atoms with E-state index in [1.807, 2.05) is 0 Å². The second-order valence-electron chi connectivity index (χ2n) is 5.27. The number of sulfone groups is 1. The van der Waals surface area contributed by atoms with E-state index in [1.165, 1.54) is 12.1 Å². The molecule has 0 fully saturated rings. The van der Waals surface area contributed by atoms with Crippen molar-refractivity contribution in [1.29, 1.82) is 0 Å². The fraction of sp³-hybridized carbons (Fsp3) is 0.308. The molecule has 1 aliphatic heterocycles. The SMILES string of the molecule is Cc1ccc(NS(C)(=O)=O)cc1NC(=O)NC1C=CS(=O)(=O)C1. The molecule has 126 valence electrons. The van der Waals surface area contributed by atoms with Crippen LogP contribution in [0.2, 0.25) is 0 Å². The van der Waals surface area contributed by atoms with E-state index in [0.717, 1.165) is 17.2 Å². The molecule has 0 spiro atoms. The molecule has 1 aliphatic rings. The molecule has 1 aromatic rings. The van der Waals surface area contributed by atoms with Crippen LogP contribution in [-0.2, 0) is 19.9 Å². The zero-order valence-corrected chi connectivity index (χ0v) is 14.2. The molecule has 8 nitrogen and oxygen atoms in total. The molecular weight excluding hydrogens is 342 g/mol. The van der Waals surface area contributed by atoms with E-state index in [4.69, 9.17) is 0 Å². The van der Waals surface area contributed by atoms with E-state index in [0.29, 0.717) is 11.4 Å². The van der Waals surface area contributed by atoms with Gasteiger partial charge in [-0.1, -0.05) is 6.07 Å². The first-order valence-electron chi connectivity index (χ1n) is 6.61. The normalized spacial score (nSPS) is 19.3. The average molecular weight is 359 g/mol. The van der Waals surface area contributed by atoms with Crippen molar-refractivity contribution < 1.29 is 21.6 Å². The van der Waals surface area contributed by atoms with Crippen LogP contribution >= 0.6 is 0 Å². The minimum atomic E-state index is -3.42. The number of benzene rings is 1. The number of rotatable bonds is 4. The summed E-state index contributed by atoms with van der Waals surface area (Å²) in [6.07, 6.45) is 2.43. The predicted octanol–water partition coefficient (Wildman–Crippen LogP) is 0.799. The van der Waals surface area contributed by atoms with E-state index in [1.54, 1.807) is 19.1 Å². The zero-order chi connectivity index (χ0) is 17.3. The second kappa shape index (κ2) is 6.20. The maximum absolute atomic E-state index is 11.9. The molecule has 0 aliphatic carbocycles. The summed E-state index contributed by atoms with van der Waals surface area (Å²) >= 11 is 0. The smallest absolute Gasteiger partial charge is 0.319 e. The van der Waals surface area contributed by atoms with Gasteiger partial charge in [-0.3, -0.25) is 4.72 Å². The summed E-state index contributed by atoms with van der Waals surface area (Å²) in [6.45, 7) is 1.75. The van der Waals surface area contributed by atoms with Gasteiger partial charge in [0.05, 0.1) is 23.7 Å². The van der Waals surface area contributed by atoms with Crippen molar-refractivity contribution in [1.82, 2.24) is 5.32 Å². The molecule has 1 heterocycles. The molecule has 0 saturated heterocycles. The Hall–Kier alpha value is -2.07. The summed E-state index contributed by atoms with van der Waals surface area (Å²) in [6, 6.07) is 3.56. The molecule has 0 aromatic heterocycles. The van der Waals surface area contributed by atoms with Crippen LogP contribution in [0.4, 0.5) is 16.2 Å². The van der Waals surface area contributed by atoms with E-state index >= 15 is 0 Å². The fourth-order valence-electron chi connectivity index (χ4n) is 2.03. The van der Waals surface area contributed by atoms with Gasteiger partial charge in [0.2, 0.25) is 10.0 Å². The molecule has 10 heteroatoms. The molecule has 1 aromatic carbocycles. The number of sulfonamides is 1. The van der Waals surface area contributed by atoms with Crippen LogP contribution in [0.1, 0.15) is 5.56 Å². The minimum Gasteiger partial charge on any atom is -0.331 e. The van der Waals surface area contributed by atoms with Crippen LogP contribution in [0.3, 0.4) is 0 Å². The molecular formula is C13H17N3O5S2. The van der Waals surface area contributed by atoms with Crippen LogP contribution in [0.5, 0.6) is 0 Å². The first kappa shape index (κ1) is 17.3. The van der Waals surface area contributed by atoms with Crippen molar-refractivity contribution in [3.05, 3.63) is 35.2 Å². The summed E-state index contributed by atoms with van der Waals surface area (Å²) in [5.74, 6) is -0.172. The Morgan fingerprint density at radius 3 is 2.57 bits per heavy atom. The zero-order valence-electron chi connectivity index (χ0n) is 12.5. The number of urea groups is 1. The Labute approximate surface area is 134 Å². The molecule has 3 N–H and O–H groups in total. The van der Waals surface area contributed by atoms with E-state index in [2.05, 4.69) is 15.4 Å². The highest BCUT2D eigenvalue weighted by molar-refractivity contribution is 7.94. The van der Waals surface area contributed by atoms with Gasteiger partial charge in [-0.2, -0.15) is 0 Å². The van der Waals surface area contributed by atoms with Gasteiger partial charge in [-0.15, -0.1) is 0 Å². The van der Waals surface area contributed by atoms with Crippen LogP contribution in [0, 0.1) is 6.92 Å². The highest BCUT2D eigenvalue weighted by atomic mass is 32.2. The number of carbonyl (C=O) groups is 1. The first-order chi connectivity index (χ1) is 10.5. The monoisotopic (exact) mass is 359 g/mol. The molecule has 0 bridgehead atoms. The van der Waals surface area contributed by atoms with Crippen molar-refractivity contribution in [3.63, 3.8) is 0 Å². The van der Waals surface area contributed by atoms with E-state index in [-0.39, 0.29) is 5.75 Å². The quantitative estimate of drug-likeness (QED) is 0.734. The largest absolute Gasteiger partial charge is 0.331 e. The van der Waals surface area contributed by atoms with Crippen molar-refractivity contribution in [2.75, 3.05) is 22.0 Å². The maximum atomic E-state index is 11.9. The average Bonchev–Trinajstić information content (AvgIpc) is 2.71. The van der Waals surface area contributed by atoms with E-state index in [9.17, 15) is 21.6 Å². The Morgan fingerprint density at radius 1 is 1.30 bits per heavy atom. The predicted molar refractivity (Wildman–Crippen MR) is 88.5 cm³/mol. The molecule has 23 heavy (non-hydrogen) atoms. The van der Waals surface area contributed by atoms with E-state index < -0.39 is 31.9 Å². The Balaban J connectivity index is 2.06. The number of amides is 2. The van der Waals surface area contributed by atoms with Crippen molar-refractivity contribution in [2.24, 2.45) is 0 Å². The van der Waals surface area contributed by atoms with Gasteiger partial charge in [0.1, 0.15) is 0 Å². The van der Waals surface area contributed by atoms with Gasteiger partial charge in [-0.25, -0.2) is 21.6 Å². The molecule has 2 amide bonds. The minimum absolute atomic E-state index is 0.172. The molecule has 1 unspecified atom stereocenters. The highest BCUT2D eigenvalue weighted by Gasteiger charge is 2.23. The molecule has 0 saturated carbocycles. The number of carbonyl (C=O) groups excluding carboxylic acids is 1. The summed E-state index contributed by atoms with van der Waals surface area (Å²) in [7, 11) is -6.67. The molecule has 0 radical (unpaired) electrons. The van der Waals surface area contributed by atoms with Gasteiger partial charge in [-0.05, 0) is 30.7 Å². The van der Waals surface area contributed by atoms with Crippen LogP contribution in [0.25, 0.3) is 0 Å². The molecule has 1 atom stereocenters. The summed E-state index contributed by atoms with van der Waals surface area (Å²) in [4.78, 5) is 11.9. The van der Waals surface area contributed by atoms with Gasteiger partial charge in [0.25, 0.3) is 0 Å². The first-order valence-corrected chi connectivity index (χ1v) is 10.2. The third kappa shape index (κ3) is 5.25. The van der Waals surface area contributed by atoms with Crippen molar-refractivity contribution >= 4 is 37.3 Å². The van der Waals surface area contributed by atoms with Gasteiger partial charge in [0.15, 0.2) is 9.84 Å². The highest BCUT2D eigenvalue weighted by Crippen LogP contribution is 2.21. The number of anilines is 2. The Bertz CT molecular complexity index is 860. The van der Waals surface area contributed by atoms with Crippen molar-refractivity contribution in [3.8, 4) is 0 Å². The Morgan fingerprint density at radius 2 is 2.00 bits per heavy atom. The second-order valence-corrected chi connectivity index (χ2v) is 8.95. The number of hydrogen-bond acceptors (Lipinski definition) is 5. The lowest BCUT2D eigenvalue weighted by atomic mass is 10.2. The summed E-state index contributed by atoms with van der Waals surface area (Å²) in [5.41, 5.74) is 1.46. The maximum Gasteiger partial charge on any atom is 0.319 e. The fourth-order valence-corrected chi connectivity index (χ4v) is 3.82. The third-order valence-corrected chi connectivity index (χ3v) is 5.04. The molecule has 2 rings (SSSR count). The summed E-state index contributed by atoms with van der Waals surface area (Å²) < 4.78 is 47.4. The van der Waals surface area contributed by atoms with Crippen LogP contribution in [0.15, 0.2) is 29.7 Å². The lowest BCUT2D eigenvalue weighted by Crippen LogP contribution is -2.38. The number of aryl methyl sites for hydroxylation is 1. The van der Waals surface area contributed by atoms with Gasteiger partial charge in [0, 0.05) is 11.1 Å². The van der Waals surface area contributed by atoms with Gasteiger partial charge >= 0.3 is 6.03 Å². The van der Waals surface area contributed by atoms with Crippen LogP contribution < -0.4 is 15.4 Å². The Kier molecular flexibility index (Phi) is 4.66. The number of hydrogen-bond donors (Lipinski definition) is 3. The summed E-state index contributed by atoms with van der Waals surface area (Å²) in [5, 5.41) is 6.17. The standard InChI is InChI=1S/C13H17N3O5S2/c1-9-3-4-10(16-22(2,18)19)7-12(9)15-13(17)14-11-5-6-23(20,21)8-11/h3-7,11,16H,8H2,1-2H3,(H2,14,15,17). The van der Waals surface area contributed by atoms with Gasteiger partial charge < -0.3 is 10.6 Å².